The zero-order valence-corrected chi connectivity index (χ0v) is 12.5. The molecule has 1 aliphatic heterocycles. The van der Waals surface area contributed by atoms with Gasteiger partial charge in [-0.3, -0.25) is 4.90 Å². The fraction of sp³-hybridized carbons (Fsp3) is 1.00. The first-order valence-corrected chi connectivity index (χ1v) is 7.55. The van der Waals surface area contributed by atoms with Gasteiger partial charge >= 0.3 is 0 Å². The van der Waals surface area contributed by atoms with Crippen LogP contribution >= 0.6 is 0 Å². The number of piperazine rings is 1. The summed E-state index contributed by atoms with van der Waals surface area (Å²) in [7, 11) is 0. The molecule has 106 valence electrons. The predicted octanol–water partition coefficient (Wildman–Crippen LogP) is 2.12. The molecule has 0 aromatic heterocycles. The van der Waals surface area contributed by atoms with Gasteiger partial charge in [-0.1, -0.05) is 13.8 Å². The van der Waals surface area contributed by atoms with Gasteiger partial charge in [-0.25, -0.2) is 0 Å². The molecule has 1 unspecified atom stereocenters. The van der Waals surface area contributed by atoms with E-state index >= 15 is 0 Å². The summed E-state index contributed by atoms with van der Waals surface area (Å²) in [5.74, 6) is 1.59. The largest absolute Gasteiger partial charge is 0.380 e. The Morgan fingerprint density at radius 1 is 1.33 bits per heavy atom. The summed E-state index contributed by atoms with van der Waals surface area (Å²) < 4.78 is 5.75. The van der Waals surface area contributed by atoms with Crippen LogP contribution in [0.15, 0.2) is 0 Å². The van der Waals surface area contributed by atoms with Crippen molar-refractivity contribution >= 4 is 0 Å². The minimum absolute atomic E-state index is 0.253. The highest BCUT2D eigenvalue weighted by Gasteiger charge is 2.40. The van der Waals surface area contributed by atoms with E-state index in [-0.39, 0.29) is 5.54 Å². The second kappa shape index (κ2) is 5.89. The Morgan fingerprint density at radius 2 is 2.06 bits per heavy atom. The van der Waals surface area contributed by atoms with Crippen LogP contribution in [0.2, 0.25) is 0 Å². The van der Waals surface area contributed by atoms with E-state index in [0.717, 1.165) is 44.8 Å². The van der Waals surface area contributed by atoms with E-state index < -0.39 is 0 Å². The van der Waals surface area contributed by atoms with Gasteiger partial charge < -0.3 is 10.1 Å². The number of hydrogen-bond donors (Lipinski definition) is 1. The second-order valence-corrected chi connectivity index (χ2v) is 7.11. The normalized spacial score (nSPS) is 28.8. The summed E-state index contributed by atoms with van der Waals surface area (Å²) in [6.07, 6.45) is 2.85. The molecule has 1 heterocycles. The van der Waals surface area contributed by atoms with Gasteiger partial charge in [0.1, 0.15) is 0 Å². The summed E-state index contributed by atoms with van der Waals surface area (Å²) in [6.45, 7) is 14.2. The summed E-state index contributed by atoms with van der Waals surface area (Å²) >= 11 is 0. The first-order valence-electron chi connectivity index (χ1n) is 7.55. The molecule has 2 aliphatic rings. The van der Waals surface area contributed by atoms with E-state index in [9.17, 15) is 0 Å². The lowest BCUT2D eigenvalue weighted by molar-refractivity contribution is 0.0353. The van der Waals surface area contributed by atoms with Crippen LogP contribution in [0.3, 0.4) is 0 Å². The van der Waals surface area contributed by atoms with Crippen molar-refractivity contribution in [3.63, 3.8) is 0 Å². The Bertz CT molecular complexity index is 261. The molecule has 1 N–H and O–H groups in total. The summed E-state index contributed by atoms with van der Waals surface area (Å²) in [6, 6.07) is 0.751. The molecule has 1 atom stereocenters. The molecule has 0 spiro atoms. The molecule has 2 fully saturated rings. The van der Waals surface area contributed by atoms with Gasteiger partial charge in [-0.05, 0) is 38.5 Å². The molecule has 3 nitrogen and oxygen atoms in total. The van der Waals surface area contributed by atoms with E-state index in [1.807, 2.05) is 0 Å². The molecule has 0 aromatic rings. The van der Waals surface area contributed by atoms with Crippen LogP contribution in [-0.4, -0.2) is 49.3 Å². The molecule has 2 rings (SSSR count). The average molecular weight is 254 g/mol. The van der Waals surface area contributed by atoms with Crippen LogP contribution in [0.5, 0.6) is 0 Å². The molecule has 0 amide bonds. The number of nitrogens with zero attached hydrogens (tertiary/aromatic N) is 1. The summed E-state index contributed by atoms with van der Waals surface area (Å²) in [4.78, 5) is 2.66. The third-order valence-electron chi connectivity index (χ3n) is 4.00. The molecular formula is C15H30N2O. The highest BCUT2D eigenvalue weighted by atomic mass is 16.5. The molecule has 3 heteroatoms. The number of nitrogens with one attached hydrogen (secondary N) is 1. The monoisotopic (exact) mass is 254 g/mol. The lowest BCUT2D eigenvalue weighted by Crippen LogP contribution is -2.62. The first kappa shape index (κ1) is 14.3. The third-order valence-corrected chi connectivity index (χ3v) is 4.00. The molecule has 18 heavy (non-hydrogen) atoms. The van der Waals surface area contributed by atoms with Gasteiger partial charge in [0.15, 0.2) is 0 Å². The van der Waals surface area contributed by atoms with Crippen LogP contribution in [0.4, 0.5) is 0 Å². The molecule has 0 radical (unpaired) electrons. The predicted molar refractivity (Wildman–Crippen MR) is 75.8 cm³/mol. The standard InChI is InChI=1S/C15H30N2O/c1-12(2)10-18-8-7-17-11-15(3,4)16-9-14(17)13-5-6-13/h12-14,16H,5-11H2,1-4H3. The summed E-state index contributed by atoms with van der Waals surface area (Å²) in [5.41, 5.74) is 0.253. The maximum Gasteiger partial charge on any atom is 0.0593 e. The zero-order chi connectivity index (χ0) is 13.2. The lowest BCUT2D eigenvalue weighted by Gasteiger charge is -2.45. The van der Waals surface area contributed by atoms with Crippen molar-refractivity contribution in [2.75, 3.05) is 32.8 Å². The quantitative estimate of drug-likeness (QED) is 0.735. The number of ether oxygens (including phenoxy) is 1. The topological polar surface area (TPSA) is 24.5 Å². The Kier molecular flexibility index (Phi) is 4.68. The highest BCUT2D eigenvalue weighted by Crippen LogP contribution is 2.37. The zero-order valence-electron chi connectivity index (χ0n) is 12.5. The summed E-state index contributed by atoms with van der Waals surface area (Å²) in [5, 5.41) is 3.69. The minimum Gasteiger partial charge on any atom is -0.380 e. The smallest absolute Gasteiger partial charge is 0.0593 e. The number of rotatable bonds is 6. The molecule has 0 bridgehead atoms. The van der Waals surface area contributed by atoms with Crippen molar-refractivity contribution in [3.8, 4) is 0 Å². The van der Waals surface area contributed by atoms with Crippen LogP contribution in [0.1, 0.15) is 40.5 Å². The van der Waals surface area contributed by atoms with Crippen molar-refractivity contribution in [2.24, 2.45) is 11.8 Å². The fourth-order valence-corrected chi connectivity index (χ4v) is 2.88. The van der Waals surface area contributed by atoms with E-state index in [4.69, 9.17) is 4.74 Å². The van der Waals surface area contributed by atoms with Crippen molar-refractivity contribution in [3.05, 3.63) is 0 Å². The maximum absolute atomic E-state index is 5.75. The Balaban J connectivity index is 1.77. The van der Waals surface area contributed by atoms with E-state index in [2.05, 4.69) is 37.9 Å². The van der Waals surface area contributed by atoms with Crippen molar-refractivity contribution in [1.82, 2.24) is 10.2 Å². The van der Waals surface area contributed by atoms with Gasteiger partial charge in [0.25, 0.3) is 0 Å². The van der Waals surface area contributed by atoms with E-state index in [1.54, 1.807) is 0 Å². The third kappa shape index (κ3) is 4.22. The maximum atomic E-state index is 5.75. The molecule has 1 aliphatic carbocycles. The fourth-order valence-electron chi connectivity index (χ4n) is 2.88. The van der Waals surface area contributed by atoms with Gasteiger partial charge in [-0.15, -0.1) is 0 Å². The Morgan fingerprint density at radius 3 is 2.67 bits per heavy atom. The van der Waals surface area contributed by atoms with Gasteiger partial charge in [0, 0.05) is 37.8 Å². The van der Waals surface area contributed by atoms with Gasteiger partial charge in [0.05, 0.1) is 6.61 Å². The van der Waals surface area contributed by atoms with Crippen molar-refractivity contribution in [2.45, 2.75) is 52.1 Å². The molecular weight excluding hydrogens is 224 g/mol. The first-order chi connectivity index (χ1) is 8.48. The molecule has 1 saturated heterocycles. The molecule has 1 saturated carbocycles. The van der Waals surface area contributed by atoms with E-state index in [1.165, 1.54) is 12.8 Å². The number of hydrogen-bond acceptors (Lipinski definition) is 3. The van der Waals surface area contributed by atoms with Crippen LogP contribution in [0, 0.1) is 11.8 Å². The van der Waals surface area contributed by atoms with E-state index in [0.29, 0.717) is 5.92 Å². The van der Waals surface area contributed by atoms with Crippen molar-refractivity contribution < 1.29 is 4.74 Å². The molecule has 0 aromatic carbocycles. The Hall–Kier alpha value is -0.120. The lowest BCUT2D eigenvalue weighted by atomic mass is 9.96. The van der Waals surface area contributed by atoms with Crippen LogP contribution in [0.25, 0.3) is 0 Å². The van der Waals surface area contributed by atoms with Gasteiger partial charge in [0.2, 0.25) is 0 Å². The minimum atomic E-state index is 0.253. The van der Waals surface area contributed by atoms with Gasteiger partial charge in [-0.2, -0.15) is 0 Å². The highest BCUT2D eigenvalue weighted by molar-refractivity contribution is 4.98. The van der Waals surface area contributed by atoms with Crippen LogP contribution in [-0.2, 0) is 4.74 Å². The van der Waals surface area contributed by atoms with Crippen molar-refractivity contribution in [1.29, 1.82) is 0 Å². The Labute approximate surface area is 112 Å². The second-order valence-electron chi connectivity index (χ2n) is 7.11. The average Bonchev–Trinajstić information content (AvgIpc) is 3.07. The SMILES string of the molecule is CC(C)COCCN1CC(C)(C)NCC1C1CC1. The van der Waals surface area contributed by atoms with Crippen LogP contribution < -0.4 is 5.32 Å².